The van der Waals surface area contributed by atoms with Gasteiger partial charge in [0.2, 0.25) is 5.88 Å². The second-order valence-corrected chi connectivity index (χ2v) is 3.06. The van der Waals surface area contributed by atoms with Gasteiger partial charge in [-0.1, -0.05) is 13.8 Å². The molecule has 72 valence electrons. The Bertz CT molecular complexity index is 288. The first-order chi connectivity index (χ1) is 6.19. The maximum Gasteiger partial charge on any atom is 0.216 e. The predicted octanol–water partition coefficient (Wildman–Crippen LogP) is 2.74. The summed E-state index contributed by atoms with van der Waals surface area (Å²) < 4.78 is 17.9. The standard InChI is InChI=1S/C10H14FNO/c1-4-7(2)9-5-8(11)6-12-10(9)13-3/h5-7H,4H2,1-3H3. The molecule has 0 aliphatic carbocycles. The van der Waals surface area contributed by atoms with Gasteiger partial charge in [0, 0.05) is 5.56 Å². The summed E-state index contributed by atoms with van der Waals surface area (Å²) in [5.74, 6) is 0.491. The van der Waals surface area contributed by atoms with Crippen LogP contribution in [0.2, 0.25) is 0 Å². The van der Waals surface area contributed by atoms with Gasteiger partial charge in [-0.05, 0) is 18.4 Å². The molecule has 13 heavy (non-hydrogen) atoms. The van der Waals surface area contributed by atoms with Gasteiger partial charge in [-0.25, -0.2) is 9.37 Å². The fraction of sp³-hybridized carbons (Fsp3) is 0.500. The third-order valence-electron chi connectivity index (χ3n) is 2.18. The minimum atomic E-state index is -0.309. The molecule has 0 amide bonds. The van der Waals surface area contributed by atoms with E-state index in [4.69, 9.17) is 4.74 Å². The normalized spacial score (nSPS) is 12.6. The topological polar surface area (TPSA) is 22.1 Å². The Kier molecular flexibility index (Phi) is 3.23. The first-order valence-corrected chi connectivity index (χ1v) is 4.38. The average Bonchev–Trinajstić information content (AvgIpc) is 2.16. The van der Waals surface area contributed by atoms with Crippen molar-refractivity contribution in [1.82, 2.24) is 4.98 Å². The highest BCUT2D eigenvalue weighted by molar-refractivity contribution is 5.29. The molecule has 1 aromatic rings. The molecular formula is C10H14FNO. The van der Waals surface area contributed by atoms with Gasteiger partial charge in [0.05, 0.1) is 13.3 Å². The fourth-order valence-corrected chi connectivity index (χ4v) is 1.19. The number of hydrogen-bond acceptors (Lipinski definition) is 2. The van der Waals surface area contributed by atoms with Crippen molar-refractivity contribution in [2.75, 3.05) is 7.11 Å². The van der Waals surface area contributed by atoms with Crippen molar-refractivity contribution in [2.45, 2.75) is 26.2 Å². The Hall–Kier alpha value is -1.12. The van der Waals surface area contributed by atoms with E-state index in [0.29, 0.717) is 5.88 Å². The quantitative estimate of drug-likeness (QED) is 0.718. The van der Waals surface area contributed by atoms with E-state index in [9.17, 15) is 4.39 Å². The summed E-state index contributed by atoms with van der Waals surface area (Å²) in [6, 6.07) is 1.49. The maximum absolute atomic E-state index is 12.9. The first kappa shape index (κ1) is 9.96. The molecular weight excluding hydrogens is 169 g/mol. The van der Waals surface area contributed by atoms with Crippen molar-refractivity contribution in [3.63, 3.8) is 0 Å². The summed E-state index contributed by atoms with van der Waals surface area (Å²) in [5.41, 5.74) is 0.838. The number of ether oxygens (including phenoxy) is 1. The fourth-order valence-electron chi connectivity index (χ4n) is 1.19. The third kappa shape index (κ3) is 2.17. The van der Waals surface area contributed by atoms with Gasteiger partial charge >= 0.3 is 0 Å². The van der Waals surface area contributed by atoms with Gasteiger partial charge in [-0.2, -0.15) is 0 Å². The number of methoxy groups -OCH3 is 1. The molecule has 1 rings (SSSR count). The number of hydrogen-bond donors (Lipinski definition) is 0. The van der Waals surface area contributed by atoms with Crippen molar-refractivity contribution in [1.29, 1.82) is 0 Å². The zero-order chi connectivity index (χ0) is 9.84. The van der Waals surface area contributed by atoms with Crippen molar-refractivity contribution < 1.29 is 9.13 Å². The molecule has 0 spiro atoms. The summed E-state index contributed by atoms with van der Waals surface area (Å²) in [5, 5.41) is 0. The Labute approximate surface area is 77.8 Å². The van der Waals surface area contributed by atoms with Crippen LogP contribution in [-0.4, -0.2) is 12.1 Å². The molecule has 0 radical (unpaired) electrons. The smallest absolute Gasteiger partial charge is 0.216 e. The van der Waals surface area contributed by atoms with Crippen LogP contribution in [0.4, 0.5) is 4.39 Å². The zero-order valence-corrected chi connectivity index (χ0v) is 8.17. The molecule has 0 bridgehead atoms. The Morgan fingerprint density at radius 3 is 2.85 bits per heavy atom. The largest absolute Gasteiger partial charge is 0.481 e. The van der Waals surface area contributed by atoms with E-state index in [1.807, 2.05) is 6.92 Å². The molecule has 3 heteroatoms. The monoisotopic (exact) mass is 183 g/mol. The highest BCUT2D eigenvalue weighted by Crippen LogP contribution is 2.26. The lowest BCUT2D eigenvalue weighted by atomic mass is 10.00. The van der Waals surface area contributed by atoms with Gasteiger partial charge in [0.25, 0.3) is 0 Å². The van der Waals surface area contributed by atoms with Crippen LogP contribution in [0.1, 0.15) is 31.7 Å². The maximum atomic E-state index is 12.9. The minimum absolute atomic E-state index is 0.276. The molecule has 0 aliphatic heterocycles. The average molecular weight is 183 g/mol. The second-order valence-electron chi connectivity index (χ2n) is 3.06. The number of aromatic nitrogens is 1. The van der Waals surface area contributed by atoms with Gasteiger partial charge in [0.15, 0.2) is 0 Å². The Morgan fingerprint density at radius 2 is 2.31 bits per heavy atom. The van der Waals surface area contributed by atoms with E-state index < -0.39 is 0 Å². The lowest BCUT2D eigenvalue weighted by Crippen LogP contribution is -1.99. The van der Waals surface area contributed by atoms with Crippen LogP contribution in [0.5, 0.6) is 5.88 Å². The Morgan fingerprint density at radius 1 is 1.62 bits per heavy atom. The lowest BCUT2D eigenvalue weighted by molar-refractivity contribution is 0.386. The third-order valence-corrected chi connectivity index (χ3v) is 2.18. The molecule has 0 fully saturated rings. The van der Waals surface area contributed by atoms with Gasteiger partial charge in [-0.3, -0.25) is 0 Å². The van der Waals surface area contributed by atoms with Crippen LogP contribution in [0.3, 0.4) is 0 Å². The van der Waals surface area contributed by atoms with E-state index in [1.54, 1.807) is 7.11 Å². The van der Waals surface area contributed by atoms with E-state index in [0.717, 1.165) is 12.0 Å². The molecule has 1 heterocycles. The van der Waals surface area contributed by atoms with E-state index in [2.05, 4.69) is 11.9 Å². The van der Waals surface area contributed by atoms with E-state index >= 15 is 0 Å². The predicted molar refractivity (Wildman–Crippen MR) is 49.5 cm³/mol. The van der Waals surface area contributed by atoms with E-state index in [-0.39, 0.29) is 11.7 Å². The minimum Gasteiger partial charge on any atom is -0.481 e. The summed E-state index contributed by atoms with van der Waals surface area (Å²) in [7, 11) is 1.55. The number of pyridine rings is 1. The highest BCUT2D eigenvalue weighted by atomic mass is 19.1. The van der Waals surface area contributed by atoms with Crippen LogP contribution in [-0.2, 0) is 0 Å². The SMILES string of the molecule is CCC(C)c1cc(F)cnc1OC. The van der Waals surface area contributed by atoms with Crippen LogP contribution < -0.4 is 4.74 Å². The molecule has 1 aromatic heterocycles. The van der Waals surface area contributed by atoms with Gasteiger partial charge < -0.3 is 4.74 Å². The lowest BCUT2D eigenvalue weighted by Gasteiger charge is -2.12. The highest BCUT2D eigenvalue weighted by Gasteiger charge is 2.11. The molecule has 0 saturated carbocycles. The van der Waals surface area contributed by atoms with Crippen molar-refractivity contribution in [3.8, 4) is 5.88 Å². The van der Waals surface area contributed by atoms with Gasteiger partial charge in [-0.15, -0.1) is 0 Å². The number of nitrogens with zero attached hydrogens (tertiary/aromatic N) is 1. The van der Waals surface area contributed by atoms with Crippen LogP contribution in [0.15, 0.2) is 12.3 Å². The van der Waals surface area contributed by atoms with Crippen LogP contribution in [0.25, 0.3) is 0 Å². The summed E-state index contributed by atoms with van der Waals surface area (Å²) >= 11 is 0. The second kappa shape index (κ2) is 4.21. The Balaban J connectivity index is 3.07. The summed E-state index contributed by atoms with van der Waals surface area (Å²) in [4.78, 5) is 3.87. The number of halogens is 1. The molecule has 0 saturated heterocycles. The van der Waals surface area contributed by atoms with Gasteiger partial charge in [0.1, 0.15) is 5.82 Å². The van der Waals surface area contributed by atoms with Crippen molar-refractivity contribution >= 4 is 0 Å². The first-order valence-electron chi connectivity index (χ1n) is 4.38. The van der Waals surface area contributed by atoms with Crippen molar-refractivity contribution in [3.05, 3.63) is 23.6 Å². The molecule has 2 nitrogen and oxygen atoms in total. The molecule has 1 atom stereocenters. The van der Waals surface area contributed by atoms with Crippen molar-refractivity contribution in [2.24, 2.45) is 0 Å². The van der Waals surface area contributed by atoms with E-state index in [1.165, 1.54) is 12.3 Å². The zero-order valence-electron chi connectivity index (χ0n) is 8.17. The molecule has 0 aliphatic rings. The molecule has 0 N–H and O–H groups in total. The summed E-state index contributed by atoms with van der Waals surface area (Å²) in [6.07, 6.45) is 2.12. The van der Waals surface area contributed by atoms with Crippen LogP contribution in [0, 0.1) is 5.82 Å². The van der Waals surface area contributed by atoms with Crippen LogP contribution >= 0.6 is 0 Å². The molecule has 0 aromatic carbocycles. The molecule has 1 unspecified atom stereocenters. The summed E-state index contributed by atoms with van der Waals surface area (Å²) in [6.45, 7) is 4.08. The number of rotatable bonds is 3.